The van der Waals surface area contributed by atoms with Crippen LogP contribution in [0.25, 0.3) is 0 Å². The number of Topliss-reactive ketones (excluding diaryl/α,β-unsaturated/α-hetero) is 1. The number of nitrogens with one attached hydrogen (secondary N) is 1. The lowest BCUT2D eigenvalue weighted by Gasteiger charge is -2.28. The van der Waals surface area contributed by atoms with E-state index in [9.17, 15) is 4.79 Å². The first-order valence-corrected chi connectivity index (χ1v) is 11.1. The number of carbonyl (C=O) groups excluding carboxylic acids is 1. The van der Waals surface area contributed by atoms with Gasteiger partial charge in [0.25, 0.3) is 0 Å². The molecule has 2 heterocycles. The predicted molar refractivity (Wildman–Crippen MR) is 122 cm³/mol. The topological polar surface area (TPSA) is 59.8 Å². The summed E-state index contributed by atoms with van der Waals surface area (Å²) in [6.45, 7) is 7.90. The second-order valence-electron chi connectivity index (χ2n) is 7.88. The highest BCUT2D eigenvalue weighted by Gasteiger charge is 2.32. The fraction of sp³-hybridized carbons (Fsp3) is 0.292. The molecule has 0 radical (unpaired) electrons. The third-order valence-electron chi connectivity index (χ3n) is 5.34. The molecule has 0 fully saturated rings. The molecular weight excluding hydrogens is 392 g/mol. The summed E-state index contributed by atoms with van der Waals surface area (Å²) in [5.74, 6) is 1.97. The Hall–Kier alpha value is -2.86. The molecule has 5 nitrogen and oxygen atoms in total. The zero-order chi connectivity index (χ0) is 21.3. The number of allylic oxidation sites excluding steroid dienone is 2. The van der Waals surface area contributed by atoms with Crippen molar-refractivity contribution in [1.29, 1.82) is 0 Å². The number of hydrogen-bond donors (Lipinski definition) is 1. The van der Waals surface area contributed by atoms with Crippen LogP contribution in [0.1, 0.15) is 56.3 Å². The van der Waals surface area contributed by atoms with Crippen LogP contribution in [0.2, 0.25) is 0 Å². The van der Waals surface area contributed by atoms with Gasteiger partial charge in [0, 0.05) is 17.0 Å². The normalized spacial score (nSPS) is 15.8. The summed E-state index contributed by atoms with van der Waals surface area (Å²) >= 11 is 1.59. The number of thioether (sulfide) groups is 1. The summed E-state index contributed by atoms with van der Waals surface area (Å²) in [6, 6.07) is 18.5. The van der Waals surface area contributed by atoms with Gasteiger partial charge in [0.2, 0.25) is 11.1 Å². The molecule has 3 aromatic rings. The molecule has 0 aliphatic carbocycles. The van der Waals surface area contributed by atoms with Crippen LogP contribution in [0.5, 0.6) is 0 Å². The van der Waals surface area contributed by atoms with E-state index in [1.54, 1.807) is 18.7 Å². The van der Waals surface area contributed by atoms with Gasteiger partial charge in [0.15, 0.2) is 5.78 Å². The molecule has 1 N–H and O–H groups in total. The monoisotopic (exact) mass is 418 g/mol. The van der Waals surface area contributed by atoms with Crippen molar-refractivity contribution in [3.8, 4) is 0 Å². The minimum atomic E-state index is -0.279. The van der Waals surface area contributed by atoms with E-state index in [2.05, 4.69) is 60.5 Å². The Morgan fingerprint density at radius 2 is 1.83 bits per heavy atom. The van der Waals surface area contributed by atoms with E-state index >= 15 is 0 Å². The lowest BCUT2D eigenvalue weighted by Crippen LogP contribution is -2.27. The maximum Gasteiger partial charge on any atom is 0.227 e. The van der Waals surface area contributed by atoms with E-state index in [0.29, 0.717) is 17.0 Å². The van der Waals surface area contributed by atoms with E-state index in [1.165, 1.54) is 11.1 Å². The van der Waals surface area contributed by atoms with E-state index in [0.717, 1.165) is 22.6 Å². The van der Waals surface area contributed by atoms with Crippen molar-refractivity contribution >= 4 is 23.5 Å². The lowest BCUT2D eigenvalue weighted by atomic mass is 9.91. The molecule has 1 aliphatic heterocycles. The van der Waals surface area contributed by atoms with Gasteiger partial charge in [0.1, 0.15) is 6.04 Å². The number of carbonyl (C=O) groups is 1. The standard InChI is InChI=1S/C24H26N4OS/c1-15(2)19-10-12-20(13-11-19)22-21(17(4)29)16(3)25-23-26-24(27-28(22)23)30-14-18-8-6-5-7-9-18/h5-13,15,22H,14H2,1-4H3,(H,25,26,27). The molecule has 0 saturated carbocycles. The SMILES string of the molecule is CC(=O)C1=C(C)Nc2nc(SCc3ccccc3)nn2C1c1ccc(C(C)C)cc1. The number of fused-ring (bicyclic) bond motifs is 1. The predicted octanol–water partition coefficient (Wildman–Crippen LogP) is 5.57. The minimum absolute atomic E-state index is 0.0394. The van der Waals surface area contributed by atoms with Gasteiger partial charge in [-0.3, -0.25) is 4.79 Å². The molecule has 0 amide bonds. The quantitative estimate of drug-likeness (QED) is 0.530. The van der Waals surface area contributed by atoms with Crippen LogP contribution >= 0.6 is 11.8 Å². The summed E-state index contributed by atoms with van der Waals surface area (Å²) in [5, 5.41) is 8.74. The Labute approximate surface area is 181 Å². The second kappa shape index (κ2) is 8.48. The molecule has 4 rings (SSSR count). The third kappa shape index (κ3) is 4.05. The van der Waals surface area contributed by atoms with E-state index in [4.69, 9.17) is 5.10 Å². The third-order valence-corrected chi connectivity index (χ3v) is 6.25. The Morgan fingerprint density at radius 1 is 1.13 bits per heavy atom. The van der Waals surface area contributed by atoms with Crippen LogP contribution < -0.4 is 5.32 Å². The summed E-state index contributed by atoms with van der Waals surface area (Å²) in [6.07, 6.45) is 0. The van der Waals surface area contributed by atoms with Crippen LogP contribution in [0, 0.1) is 0 Å². The van der Waals surface area contributed by atoms with Crippen molar-refractivity contribution < 1.29 is 4.79 Å². The van der Waals surface area contributed by atoms with E-state index < -0.39 is 0 Å². The molecule has 0 spiro atoms. The molecular formula is C24H26N4OS. The molecule has 1 atom stereocenters. The summed E-state index contributed by atoms with van der Waals surface area (Å²) in [5.41, 5.74) is 5.10. The molecule has 0 bridgehead atoms. The summed E-state index contributed by atoms with van der Waals surface area (Å²) < 4.78 is 1.85. The van der Waals surface area contributed by atoms with Crippen molar-refractivity contribution in [2.24, 2.45) is 0 Å². The van der Waals surface area contributed by atoms with Crippen LogP contribution in [-0.4, -0.2) is 20.5 Å². The Bertz CT molecular complexity index is 1080. The van der Waals surface area contributed by atoms with Crippen LogP contribution in [0.15, 0.2) is 71.0 Å². The average Bonchev–Trinajstić information content (AvgIpc) is 3.14. The van der Waals surface area contributed by atoms with Crippen molar-refractivity contribution in [3.63, 3.8) is 0 Å². The van der Waals surface area contributed by atoms with Gasteiger partial charge in [0.05, 0.1) is 0 Å². The fourth-order valence-corrected chi connectivity index (χ4v) is 4.53. The first-order chi connectivity index (χ1) is 14.4. The van der Waals surface area contributed by atoms with Gasteiger partial charge in [-0.15, -0.1) is 5.10 Å². The molecule has 30 heavy (non-hydrogen) atoms. The Balaban J connectivity index is 1.69. The molecule has 2 aromatic carbocycles. The summed E-state index contributed by atoms with van der Waals surface area (Å²) in [7, 11) is 0. The van der Waals surface area contributed by atoms with Gasteiger partial charge in [-0.2, -0.15) is 4.98 Å². The van der Waals surface area contributed by atoms with Gasteiger partial charge in [-0.25, -0.2) is 4.68 Å². The Kier molecular flexibility index (Phi) is 5.77. The van der Waals surface area contributed by atoms with Crippen LogP contribution in [-0.2, 0) is 10.5 Å². The van der Waals surface area contributed by atoms with Gasteiger partial charge >= 0.3 is 0 Å². The van der Waals surface area contributed by atoms with Gasteiger partial charge < -0.3 is 5.32 Å². The van der Waals surface area contributed by atoms with E-state index in [1.807, 2.05) is 29.8 Å². The smallest absolute Gasteiger partial charge is 0.227 e. The maximum absolute atomic E-state index is 12.5. The van der Waals surface area contributed by atoms with Gasteiger partial charge in [-0.05, 0) is 36.5 Å². The van der Waals surface area contributed by atoms with Crippen molar-refractivity contribution in [3.05, 3.63) is 82.6 Å². The number of benzene rings is 2. The average molecular weight is 419 g/mol. The van der Waals surface area contributed by atoms with Crippen LogP contribution in [0.4, 0.5) is 5.95 Å². The second-order valence-corrected chi connectivity index (χ2v) is 8.82. The number of nitrogens with zero attached hydrogens (tertiary/aromatic N) is 3. The molecule has 0 saturated heterocycles. The zero-order valence-corrected chi connectivity index (χ0v) is 18.5. The number of ketones is 1. The molecule has 6 heteroatoms. The highest BCUT2D eigenvalue weighted by Crippen LogP contribution is 2.37. The number of hydrogen-bond acceptors (Lipinski definition) is 5. The first-order valence-electron chi connectivity index (χ1n) is 10.2. The molecule has 1 unspecified atom stereocenters. The zero-order valence-electron chi connectivity index (χ0n) is 17.7. The van der Waals surface area contributed by atoms with E-state index in [-0.39, 0.29) is 11.8 Å². The van der Waals surface area contributed by atoms with Crippen molar-refractivity contribution in [2.45, 2.75) is 50.6 Å². The lowest BCUT2D eigenvalue weighted by molar-refractivity contribution is -0.114. The Morgan fingerprint density at radius 3 is 2.47 bits per heavy atom. The number of anilines is 1. The van der Waals surface area contributed by atoms with Crippen molar-refractivity contribution in [1.82, 2.24) is 14.8 Å². The number of aromatic nitrogens is 3. The van der Waals surface area contributed by atoms with Crippen molar-refractivity contribution in [2.75, 3.05) is 5.32 Å². The number of rotatable bonds is 6. The highest BCUT2D eigenvalue weighted by molar-refractivity contribution is 7.98. The maximum atomic E-state index is 12.5. The van der Waals surface area contributed by atoms with Gasteiger partial charge in [-0.1, -0.05) is 80.2 Å². The minimum Gasteiger partial charge on any atom is -0.328 e. The molecule has 154 valence electrons. The molecule has 1 aliphatic rings. The largest absolute Gasteiger partial charge is 0.328 e. The van der Waals surface area contributed by atoms with Crippen LogP contribution in [0.3, 0.4) is 0 Å². The first kappa shape index (κ1) is 20.4. The summed E-state index contributed by atoms with van der Waals surface area (Å²) in [4.78, 5) is 17.2. The highest BCUT2D eigenvalue weighted by atomic mass is 32.2. The molecule has 1 aromatic heterocycles. The fourth-order valence-electron chi connectivity index (χ4n) is 3.74.